The minimum Gasteiger partial charge on any atom is -0.374 e. The van der Waals surface area contributed by atoms with Crippen LogP contribution in [0.2, 0.25) is 5.02 Å². The maximum Gasteiger partial charge on any atom is 0.234 e. The van der Waals surface area contributed by atoms with Crippen molar-refractivity contribution < 1.29 is 9.53 Å². The third-order valence-electron chi connectivity index (χ3n) is 3.91. The third kappa shape index (κ3) is 5.77. The fourth-order valence-electron chi connectivity index (χ4n) is 2.84. The molecular weight excluding hydrogens is 314 g/mol. The van der Waals surface area contributed by atoms with Crippen molar-refractivity contribution >= 4 is 17.5 Å². The van der Waals surface area contributed by atoms with Crippen molar-refractivity contribution in [2.75, 3.05) is 46.9 Å². The van der Waals surface area contributed by atoms with E-state index >= 15 is 0 Å². The Morgan fingerprint density at radius 1 is 1.48 bits per heavy atom. The standard InChI is InChI=1S/C17H26ClN3O2/c1-13(15-6-4-5-7-16(15)18)19-17(22)12-21-8-9-23-14(11-21)10-20(2)3/h4-7,13-14H,8-12H2,1-3H3,(H,19,22)/t13-,14+/m0/s1. The zero-order valence-electron chi connectivity index (χ0n) is 14.1. The van der Waals surface area contributed by atoms with Crippen molar-refractivity contribution in [3.05, 3.63) is 34.9 Å². The van der Waals surface area contributed by atoms with Crippen molar-refractivity contribution in [2.24, 2.45) is 0 Å². The van der Waals surface area contributed by atoms with Gasteiger partial charge in [0.25, 0.3) is 0 Å². The van der Waals surface area contributed by atoms with Gasteiger partial charge in [-0.3, -0.25) is 9.69 Å². The van der Waals surface area contributed by atoms with Gasteiger partial charge in [-0.15, -0.1) is 0 Å². The fraction of sp³-hybridized carbons (Fsp3) is 0.588. The topological polar surface area (TPSA) is 44.8 Å². The summed E-state index contributed by atoms with van der Waals surface area (Å²) in [5.74, 6) is 0.0166. The molecule has 0 aromatic heterocycles. The second kappa shape index (κ2) is 8.64. The molecule has 1 aliphatic rings. The molecular formula is C17H26ClN3O2. The number of amides is 1. The zero-order valence-corrected chi connectivity index (χ0v) is 14.8. The summed E-state index contributed by atoms with van der Waals surface area (Å²) in [7, 11) is 4.06. The molecule has 1 heterocycles. The predicted octanol–water partition coefficient (Wildman–Crippen LogP) is 1.78. The van der Waals surface area contributed by atoms with E-state index in [4.69, 9.17) is 16.3 Å². The van der Waals surface area contributed by atoms with E-state index in [0.717, 1.165) is 25.2 Å². The molecule has 1 N–H and O–H groups in total. The highest BCUT2D eigenvalue weighted by Crippen LogP contribution is 2.22. The molecule has 1 aromatic rings. The SMILES string of the molecule is C[C@H](NC(=O)CN1CCO[C@H](CN(C)C)C1)c1ccccc1Cl. The van der Waals surface area contributed by atoms with Crippen LogP contribution in [0.25, 0.3) is 0 Å². The van der Waals surface area contributed by atoms with E-state index in [1.807, 2.05) is 45.3 Å². The summed E-state index contributed by atoms with van der Waals surface area (Å²) in [6.45, 7) is 5.46. The molecule has 2 rings (SSSR count). The molecule has 0 spiro atoms. The molecule has 0 radical (unpaired) electrons. The van der Waals surface area contributed by atoms with Gasteiger partial charge in [0.2, 0.25) is 5.91 Å². The summed E-state index contributed by atoms with van der Waals surface area (Å²) >= 11 is 6.18. The maximum atomic E-state index is 12.3. The van der Waals surface area contributed by atoms with Crippen LogP contribution in [-0.4, -0.2) is 68.7 Å². The highest BCUT2D eigenvalue weighted by Gasteiger charge is 2.23. The Labute approximate surface area is 143 Å². The van der Waals surface area contributed by atoms with Crippen LogP contribution in [0.3, 0.4) is 0 Å². The molecule has 23 heavy (non-hydrogen) atoms. The zero-order chi connectivity index (χ0) is 16.8. The largest absolute Gasteiger partial charge is 0.374 e. The molecule has 0 bridgehead atoms. The number of nitrogens with one attached hydrogen (secondary N) is 1. The average molecular weight is 340 g/mol. The monoisotopic (exact) mass is 339 g/mol. The highest BCUT2D eigenvalue weighted by atomic mass is 35.5. The average Bonchev–Trinajstić information content (AvgIpc) is 2.47. The van der Waals surface area contributed by atoms with Gasteiger partial charge >= 0.3 is 0 Å². The van der Waals surface area contributed by atoms with E-state index in [2.05, 4.69) is 15.1 Å². The second-order valence-corrected chi connectivity index (χ2v) is 6.71. The number of morpholine rings is 1. The number of halogens is 1. The number of hydrogen-bond acceptors (Lipinski definition) is 4. The number of nitrogens with zero attached hydrogens (tertiary/aromatic N) is 2. The van der Waals surface area contributed by atoms with Crippen molar-refractivity contribution in [1.29, 1.82) is 0 Å². The lowest BCUT2D eigenvalue weighted by Crippen LogP contribution is -2.49. The van der Waals surface area contributed by atoms with Crippen LogP contribution < -0.4 is 5.32 Å². The Kier molecular flexibility index (Phi) is 6.84. The van der Waals surface area contributed by atoms with Crippen LogP contribution in [-0.2, 0) is 9.53 Å². The maximum absolute atomic E-state index is 12.3. The van der Waals surface area contributed by atoms with Gasteiger partial charge in [0.05, 0.1) is 25.3 Å². The van der Waals surface area contributed by atoms with E-state index in [1.165, 1.54) is 0 Å². The first-order chi connectivity index (χ1) is 11.0. The van der Waals surface area contributed by atoms with Crippen molar-refractivity contribution in [2.45, 2.75) is 19.1 Å². The van der Waals surface area contributed by atoms with Crippen LogP contribution in [0.5, 0.6) is 0 Å². The smallest absolute Gasteiger partial charge is 0.234 e. The fourth-order valence-corrected chi connectivity index (χ4v) is 3.14. The summed E-state index contributed by atoms with van der Waals surface area (Å²) < 4.78 is 5.73. The molecule has 6 heteroatoms. The Bertz CT molecular complexity index is 524. The number of likely N-dealkylation sites (N-methyl/N-ethyl adjacent to an activating group) is 1. The molecule has 0 unspecified atom stereocenters. The Morgan fingerprint density at radius 2 is 2.22 bits per heavy atom. The first-order valence-electron chi connectivity index (χ1n) is 7.98. The molecule has 1 aliphatic heterocycles. The lowest BCUT2D eigenvalue weighted by atomic mass is 10.1. The molecule has 1 saturated heterocycles. The number of rotatable bonds is 6. The molecule has 2 atom stereocenters. The number of benzene rings is 1. The minimum absolute atomic E-state index is 0.0166. The molecule has 1 aromatic carbocycles. The van der Waals surface area contributed by atoms with Crippen molar-refractivity contribution in [3.8, 4) is 0 Å². The number of hydrogen-bond donors (Lipinski definition) is 1. The van der Waals surface area contributed by atoms with Crippen LogP contribution in [0.15, 0.2) is 24.3 Å². The molecule has 0 aliphatic carbocycles. The molecule has 1 fully saturated rings. The van der Waals surface area contributed by atoms with Crippen LogP contribution in [0.1, 0.15) is 18.5 Å². The molecule has 0 saturated carbocycles. The number of carbonyl (C=O) groups is 1. The predicted molar refractivity (Wildman–Crippen MR) is 92.7 cm³/mol. The summed E-state index contributed by atoms with van der Waals surface area (Å²) in [5.41, 5.74) is 0.940. The van der Waals surface area contributed by atoms with Gasteiger partial charge in [-0.1, -0.05) is 29.8 Å². The van der Waals surface area contributed by atoms with Gasteiger partial charge in [-0.05, 0) is 32.6 Å². The second-order valence-electron chi connectivity index (χ2n) is 6.30. The first-order valence-corrected chi connectivity index (χ1v) is 8.36. The summed E-state index contributed by atoms with van der Waals surface area (Å²) in [6.07, 6.45) is 0.160. The van der Waals surface area contributed by atoms with Gasteiger partial charge < -0.3 is 15.0 Å². The van der Waals surface area contributed by atoms with E-state index < -0.39 is 0 Å². The van der Waals surface area contributed by atoms with Gasteiger partial charge in [0.1, 0.15) is 0 Å². The van der Waals surface area contributed by atoms with Gasteiger partial charge in [-0.25, -0.2) is 0 Å². The number of carbonyl (C=O) groups excluding carboxylic acids is 1. The summed E-state index contributed by atoms with van der Waals surface area (Å²) in [5, 5.41) is 3.70. The summed E-state index contributed by atoms with van der Waals surface area (Å²) in [6, 6.07) is 7.49. The van der Waals surface area contributed by atoms with Gasteiger partial charge in [0.15, 0.2) is 0 Å². The summed E-state index contributed by atoms with van der Waals surface area (Å²) in [4.78, 5) is 16.5. The number of ether oxygens (including phenoxy) is 1. The lowest BCUT2D eigenvalue weighted by Gasteiger charge is -2.33. The van der Waals surface area contributed by atoms with Gasteiger partial charge in [-0.2, -0.15) is 0 Å². The molecule has 128 valence electrons. The van der Waals surface area contributed by atoms with E-state index in [-0.39, 0.29) is 18.1 Å². The van der Waals surface area contributed by atoms with E-state index in [0.29, 0.717) is 18.2 Å². The quantitative estimate of drug-likeness (QED) is 0.858. The van der Waals surface area contributed by atoms with E-state index in [1.54, 1.807) is 0 Å². The van der Waals surface area contributed by atoms with E-state index in [9.17, 15) is 4.79 Å². The Morgan fingerprint density at radius 3 is 2.91 bits per heavy atom. The molecule has 5 nitrogen and oxygen atoms in total. The van der Waals surface area contributed by atoms with Crippen molar-refractivity contribution in [3.63, 3.8) is 0 Å². The van der Waals surface area contributed by atoms with Crippen molar-refractivity contribution in [1.82, 2.24) is 15.1 Å². The van der Waals surface area contributed by atoms with Gasteiger partial charge in [0, 0.05) is 24.7 Å². The van der Waals surface area contributed by atoms with Crippen LogP contribution >= 0.6 is 11.6 Å². The first kappa shape index (κ1) is 18.2. The Hall–Kier alpha value is -1.14. The lowest BCUT2D eigenvalue weighted by molar-refractivity contribution is -0.125. The molecule has 1 amide bonds. The Balaban J connectivity index is 1.83. The highest BCUT2D eigenvalue weighted by molar-refractivity contribution is 6.31. The van der Waals surface area contributed by atoms with Crippen LogP contribution in [0.4, 0.5) is 0 Å². The third-order valence-corrected chi connectivity index (χ3v) is 4.25. The van der Waals surface area contributed by atoms with Crippen LogP contribution in [0, 0.1) is 0 Å². The minimum atomic E-state index is -0.102. The normalized spacial score (nSPS) is 20.5.